The normalized spacial score (nSPS) is 10.7. The van der Waals surface area contributed by atoms with E-state index in [0.29, 0.717) is 5.56 Å². The number of benzene rings is 2. The zero-order chi connectivity index (χ0) is 17.3. The Hall–Kier alpha value is -3.02. The van der Waals surface area contributed by atoms with Crippen molar-refractivity contribution < 1.29 is 13.6 Å². The Morgan fingerprint density at radius 2 is 1.92 bits per heavy atom. The van der Waals surface area contributed by atoms with Crippen LogP contribution in [0.2, 0.25) is 0 Å². The molecule has 0 unspecified atom stereocenters. The quantitative estimate of drug-likeness (QED) is 0.756. The summed E-state index contributed by atoms with van der Waals surface area (Å²) in [7, 11) is 0. The maximum Gasteiger partial charge on any atom is 0.259 e. The molecule has 3 rings (SSSR count). The molecule has 0 atom stereocenters. The molecular formula is C18H15F2N3O. The summed E-state index contributed by atoms with van der Waals surface area (Å²) in [5.74, 6) is -1.96. The summed E-state index contributed by atoms with van der Waals surface area (Å²) in [6.07, 6.45) is 0. The predicted molar refractivity (Wildman–Crippen MR) is 87.8 cm³/mol. The van der Waals surface area contributed by atoms with Gasteiger partial charge in [0.25, 0.3) is 5.91 Å². The summed E-state index contributed by atoms with van der Waals surface area (Å²) in [5.41, 5.74) is 3.03. The molecular weight excluding hydrogens is 312 g/mol. The monoisotopic (exact) mass is 327 g/mol. The molecule has 24 heavy (non-hydrogen) atoms. The molecule has 0 saturated carbocycles. The number of aryl methyl sites for hydroxylation is 2. The summed E-state index contributed by atoms with van der Waals surface area (Å²) in [6, 6.07) is 10.4. The van der Waals surface area contributed by atoms with Crippen molar-refractivity contribution in [2.24, 2.45) is 0 Å². The molecule has 3 aromatic rings. The standard InChI is InChI=1S/C18H15F2N3O/c1-10-4-3-5-12(8-10)16-11(2)22-23-17(16)21-18(24)14-9-13(19)6-7-15(14)20/h3-9H,1-2H3,(H2,21,22,23,24). The molecule has 122 valence electrons. The van der Waals surface area contributed by atoms with Gasteiger partial charge in [-0.15, -0.1) is 0 Å². The topological polar surface area (TPSA) is 57.8 Å². The molecule has 4 nitrogen and oxygen atoms in total. The summed E-state index contributed by atoms with van der Waals surface area (Å²) >= 11 is 0. The van der Waals surface area contributed by atoms with E-state index in [1.165, 1.54) is 0 Å². The lowest BCUT2D eigenvalue weighted by atomic mass is 10.0. The van der Waals surface area contributed by atoms with Crippen LogP contribution in [0, 0.1) is 25.5 Å². The molecule has 0 fully saturated rings. The number of H-pyrrole nitrogens is 1. The fourth-order valence-corrected chi connectivity index (χ4v) is 2.52. The molecule has 0 bridgehead atoms. The van der Waals surface area contributed by atoms with Gasteiger partial charge in [0.2, 0.25) is 0 Å². The number of hydrogen-bond acceptors (Lipinski definition) is 2. The smallest absolute Gasteiger partial charge is 0.259 e. The van der Waals surface area contributed by atoms with E-state index in [2.05, 4.69) is 15.5 Å². The number of hydrogen-bond donors (Lipinski definition) is 2. The van der Waals surface area contributed by atoms with Crippen molar-refractivity contribution in [2.45, 2.75) is 13.8 Å². The highest BCUT2D eigenvalue weighted by molar-refractivity contribution is 6.05. The highest BCUT2D eigenvalue weighted by Crippen LogP contribution is 2.30. The van der Waals surface area contributed by atoms with Crippen LogP contribution in [-0.2, 0) is 0 Å². The average molecular weight is 327 g/mol. The molecule has 6 heteroatoms. The Labute approximate surface area is 137 Å². The second-order valence-electron chi connectivity index (χ2n) is 5.52. The van der Waals surface area contributed by atoms with Crippen LogP contribution >= 0.6 is 0 Å². The number of aromatic amines is 1. The molecule has 0 aliphatic heterocycles. The van der Waals surface area contributed by atoms with E-state index in [0.717, 1.165) is 35.0 Å². The third-order valence-electron chi connectivity index (χ3n) is 3.66. The van der Waals surface area contributed by atoms with Crippen molar-refractivity contribution in [2.75, 3.05) is 5.32 Å². The summed E-state index contributed by atoms with van der Waals surface area (Å²) in [6.45, 7) is 3.78. The van der Waals surface area contributed by atoms with E-state index < -0.39 is 17.5 Å². The lowest BCUT2D eigenvalue weighted by Gasteiger charge is -2.08. The van der Waals surface area contributed by atoms with Gasteiger partial charge in [-0.3, -0.25) is 9.89 Å². The van der Waals surface area contributed by atoms with Gasteiger partial charge in [0, 0.05) is 11.3 Å². The summed E-state index contributed by atoms with van der Waals surface area (Å²) in [4.78, 5) is 12.3. The molecule has 0 aliphatic rings. The lowest BCUT2D eigenvalue weighted by Crippen LogP contribution is -2.15. The first-order valence-corrected chi connectivity index (χ1v) is 7.34. The van der Waals surface area contributed by atoms with Gasteiger partial charge in [0.15, 0.2) is 5.82 Å². The van der Waals surface area contributed by atoms with Gasteiger partial charge in [-0.05, 0) is 37.6 Å². The zero-order valence-electron chi connectivity index (χ0n) is 13.2. The first-order chi connectivity index (χ1) is 11.5. The van der Waals surface area contributed by atoms with Crippen molar-refractivity contribution in [3.63, 3.8) is 0 Å². The van der Waals surface area contributed by atoms with Gasteiger partial charge in [-0.2, -0.15) is 5.10 Å². The maximum absolute atomic E-state index is 13.7. The van der Waals surface area contributed by atoms with Crippen LogP contribution in [0.15, 0.2) is 42.5 Å². The molecule has 0 spiro atoms. The number of carbonyl (C=O) groups is 1. The number of nitrogens with zero attached hydrogens (tertiary/aromatic N) is 1. The Morgan fingerprint density at radius 3 is 2.67 bits per heavy atom. The Kier molecular flexibility index (Phi) is 4.12. The second kappa shape index (κ2) is 6.23. The van der Waals surface area contributed by atoms with Crippen molar-refractivity contribution >= 4 is 11.7 Å². The van der Waals surface area contributed by atoms with Crippen LogP contribution in [-0.4, -0.2) is 16.1 Å². The molecule has 1 amide bonds. The minimum atomic E-state index is -0.793. The Morgan fingerprint density at radius 1 is 1.12 bits per heavy atom. The predicted octanol–water partition coefficient (Wildman–Crippen LogP) is 4.22. The molecule has 1 heterocycles. The van der Waals surface area contributed by atoms with Crippen molar-refractivity contribution in [1.82, 2.24) is 10.2 Å². The van der Waals surface area contributed by atoms with Gasteiger partial charge in [0.05, 0.1) is 5.56 Å². The molecule has 2 aromatic carbocycles. The molecule has 0 radical (unpaired) electrons. The SMILES string of the molecule is Cc1cccc(-c2c(NC(=O)c3cc(F)ccc3F)n[nH]c2C)c1. The van der Waals surface area contributed by atoms with Gasteiger partial charge in [0.1, 0.15) is 11.6 Å². The number of halogens is 2. The molecule has 0 saturated heterocycles. The highest BCUT2D eigenvalue weighted by Gasteiger charge is 2.18. The largest absolute Gasteiger partial charge is 0.304 e. The number of aromatic nitrogens is 2. The Balaban J connectivity index is 1.97. The maximum atomic E-state index is 13.7. The number of rotatable bonds is 3. The van der Waals surface area contributed by atoms with Crippen LogP contribution < -0.4 is 5.32 Å². The van der Waals surface area contributed by atoms with E-state index in [1.807, 2.05) is 38.1 Å². The first kappa shape index (κ1) is 15.9. The number of nitrogens with one attached hydrogen (secondary N) is 2. The van der Waals surface area contributed by atoms with Gasteiger partial charge in [-0.1, -0.05) is 29.8 Å². The fourth-order valence-electron chi connectivity index (χ4n) is 2.52. The van der Waals surface area contributed by atoms with E-state index >= 15 is 0 Å². The third-order valence-corrected chi connectivity index (χ3v) is 3.66. The average Bonchev–Trinajstić information content (AvgIpc) is 2.90. The van der Waals surface area contributed by atoms with Crippen LogP contribution in [0.3, 0.4) is 0 Å². The first-order valence-electron chi connectivity index (χ1n) is 7.34. The van der Waals surface area contributed by atoms with Crippen LogP contribution in [0.1, 0.15) is 21.6 Å². The fraction of sp³-hybridized carbons (Fsp3) is 0.111. The summed E-state index contributed by atoms with van der Waals surface area (Å²) in [5, 5.41) is 9.42. The van der Waals surface area contributed by atoms with Crippen molar-refractivity contribution in [3.05, 3.63) is 70.9 Å². The van der Waals surface area contributed by atoms with Crippen LogP contribution in [0.5, 0.6) is 0 Å². The lowest BCUT2D eigenvalue weighted by molar-refractivity contribution is 0.102. The summed E-state index contributed by atoms with van der Waals surface area (Å²) < 4.78 is 27.0. The van der Waals surface area contributed by atoms with Gasteiger partial charge >= 0.3 is 0 Å². The number of amides is 1. The van der Waals surface area contributed by atoms with Gasteiger partial charge < -0.3 is 5.32 Å². The minimum Gasteiger partial charge on any atom is -0.304 e. The molecule has 2 N–H and O–H groups in total. The number of carbonyl (C=O) groups excluding carboxylic acids is 1. The van der Waals surface area contributed by atoms with Crippen LogP contribution in [0.4, 0.5) is 14.6 Å². The van der Waals surface area contributed by atoms with Gasteiger partial charge in [-0.25, -0.2) is 8.78 Å². The zero-order valence-corrected chi connectivity index (χ0v) is 13.2. The van der Waals surface area contributed by atoms with Crippen LogP contribution in [0.25, 0.3) is 11.1 Å². The molecule has 0 aliphatic carbocycles. The third kappa shape index (κ3) is 3.03. The van der Waals surface area contributed by atoms with E-state index in [1.54, 1.807) is 0 Å². The highest BCUT2D eigenvalue weighted by atomic mass is 19.1. The van der Waals surface area contributed by atoms with E-state index in [9.17, 15) is 13.6 Å². The minimum absolute atomic E-state index is 0.270. The van der Waals surface area contributed by atoms with E-state index in [-0.39, 0.29) is 11.4 Å². The number of anilines is 1. The Bertz CT molecular complexity index is 918. The van der Waals surface area contributed by atoms with E-state index in [4.69, 9.17) is 0 Å². The van der Waals surface area contributed by atoms with Crippen molar-refractivity contribution in [3.8, 4) is 11.1 Å². The van der Waals surface area contributed by atoms with Crippen molar-refractivity contribution in [1.29, 1.82) is 0 Å². The molecule has 1 aromatic heterocycles. The second-order valence-corrected chi connectivity index (χ2v) is 5.52.